The van der Waals surface area contributed by atoms with Crippen molar-refractivity contribution >= 4 is 0 Å². The van der Waals surface area contributed by atoms with Gasteiger partial charge in [0.05, 0.1) is 0 Å². The van der Waals surface area contributed by atoms with E-state index in [-0.39, 0.29) is 0 Å². The molecule has 1 aromatic heterocycles. The van der Waals surface area contributed by atoms with Gasteiger partial charge in [-0.3, -0.25) is 0 Å². The lowest BCUT2D eigenvalue weighted by Gasteiger charge is -2.04. The molecule has 0 radical (unpaired) electrons. The molecule has 1 N–H and O–H groups in total. The summed E-state index contributed by atoms with van der Waals surface area (Å²) >= 11 is 0. The molecule has 0 fully saturated rings. The molecular formula is C16H23N3O2. The van der Waals surface area contributed by atoms with Crippen LogP contribution in [0, 0.1) is 0 Å². The zero-order valence-electron chi connectivity index (χ0n) is 12.5. The quantitative estimate of drug-likeness (QED) is 0.681. The number of hydrogen-bond donors (Lipinski definition) is 1. The van der Waals surface area contributed by atoms with E-state index in [2.05, 4.69) is 46.6 Å². The van der Waals surface area contributed by atoms with Crippen molar-refractivity contribution in [3.63, 3.8) is 0 Å². The van der Waals surface area contributed by atoms with E-state index in [9.17, 15) is 0 Å². The zero-order valence-corrected chi connectivity index (χ0v) is 12.5. The van der Waals surface area contributed by atoms with E-state index in [4.69, 9.17) is 9.26 Å². The van der Waals surface area contributed by atoms with Crippen LogP contribution in [0.3, 0.4) is 0 Å². The molecule has 114 valence electrons. The van der Waals surface area contributed by atoms with Gasteiger partial charge in [-0.2, -0.15) is 4.98 Å². The highest BCUT2D eigenvalue weighted by molar-refractivity contribution is 5.14. The molecule has 2 aromatic rings. The van der Waals surface area contributed by atoms with Crippen molar-refractivity contribution in [2.24, 2.45) is 0 Å². The number of hydrogen-bond acceptors (Lipinski definition) is 5. The smallest absolute Gasteiger partial charge is 0.252 e. The fourth-order valence-electron chi connectivity index (χ4n) is 1.96. The average molecular weight is 289 g/mol. The highest BCUT2D eigenvalue weighted by Crippen LogP contribution is 2.02. The number of ether oxygens (including phenoxy) is 1. The second-order valence-corrected chi connectivity index (χ2v) is 4.92. The number of aryl methyl sites for hydroxylation is 1. The first kappa shape index (κ1) is 15.7. The van der Waals surface area contributed by atoms with Crippen LogP contribution in [0.2, 0.25) is 0 Å². The molecule has 0 saturated heterocycles. The van der Waals surface area contributed by atoms with Crippen molar-refractivity contribution in [3.05, 3.63) is 47.6 Å². The van der Waals surface area contributed by atoms with Crippen LogP contribution in [0.25, 0.3) is 0 Å². The van der Waals surface area contributed by atoms with E-state index < -0.39 is 0 Å². The highest BCUT2D eigenvalue weighted by Gasteiger charge is 2.04. The first-order valence-corrected chi connectivity index (χ1v) is 7.52. The lowest BCUT2D eigenvalue weighted by molar-refractivity contribution is 0.0956. The van der Waals surface area contributed by atoms with E-state index in [1.165, 1.54) is 5.56 Å². The topological polar surface area (TPSA) is 60.2 Å². The molecule has 1 heterocycles. The summed E-state index contributed by atoms with van der Waals surface area (Å²) in [4.78, 5) is 4.26. The minimum Gasteiger partial charge on any atom is -0.372 e. The van der Waals surface area contributed by atoms with E-state index in [0.29, 0.717) is 19.1 Å². The molecule has 0 aliphatic rings. The van der Waals surface area contributed by atoms with E-state index in [1.807, 2.05) is 6.07 Å². The molecular weight excluding hydrogens is 266 g/mol. The van der Waals surface area contributed by atoms with Gasteiger partial charge in [-0.05, 0) is 24.9 Å². The maximum Gasteiger partial charge on any atom is 0.252 e. The third-order valence-electron chi connectivity index (χ3n) is 3.02. The third-order valence-corrected chi connectivity index (χ3v) is 3.02. The van der Waals surface area contributed by atoms with Gasteiger partial charge in [0.2, 0.25) is 0 Å². The maximum atomic E-state index is 5.53. The standard InChI is InChI=1S/C16H23N3O2/c1-2-7-15-18-16(21-19-15)13-20-11-6-10-17-12-14-8-4-3-5-9-14/h3-5,8-9,17H,2,6-7,10-13H2,1H3. The van der Waals surface area contributed by atoms with Crippen molar-refractivity contribution < 1.29 is 9.26 Å². The van der Waals surface area contributed by atoms with Gasteiger partial charge in [0.15, 0.2) is 5.82 Å². The van der Waals surface area contributed by atoms with Gasteiger partial charge in [-0.15, -0.1) is 0 Å². The van der Waals surface area contributed by atoms with Gasteiger partial charge >= 0.3 is 0 Å². The molecule has 0 spiro atoms. The summed E-state index contributed by atoms with van der Waals surface area (Å²) in [7, 11) is 0. The van der Waals surface area contributed by atoms with Crippen molar-refractivity contribution in [2.75, 3.05) is 13.2 Å². The maximum absolute atomic E-state index is 5.53. The lowest BCUT2D eigenvalue weighted by atomic mass is 10.2. The van der Waals surface area contributed by atoms with E-state index in [0.717, 1.165) is 38.2 Å². The Kier molecular flexibility index (Phi) is 6.91. The first-order valence-electron chi connectivity index (χ1n) is 7.52. The summed E-state index contributed by atoms with van der Waals surface area (Å²) in [5, 5.41) is 7.28. The van der Waals surface area contributed by atoms with Crippen LogP contribution in [0.4, 0.5) is 0 Å². The Bertz CT molecular complexity index is 499. The van der Waals surface area contributed by atoms with E-state index >= 15 is 0 Å². The van der Waals surface area contributed by atoms with Gasteiger partial charge in [-0.25, -0.2) is 0 Å². The summed E-state index contributed by atoms with van der Waals surface area (Å²) in [6.07, 6.45) is 2.84. The molecule has 5 heteroatoms. The SMILES string of the molecule is CCCc1noc(COCCCNCc2ccccc2)n1. The molecule has 0 saturated carbocycles. The molecule has 2 rings (SSSR count). The van der Waals surface area contributed by atoms with Gasteiger partial charge in [0.25, 0.3) is 5.89 Å². The van der Waals surface area contributed by atoms with Crippen LogP contribution in [-0.2, 0) is 24.3 Å². The van der Waals surface area contributed by atoms with Crippen LogP contribution in [-0.4, -0.2) is 23.3 Å². The Balaban J connectivity index is 1.50. The molecule has 5 nitrogen and oxygen atoms in total. The summed E-state index contributed by atoms with van der Waals surface area (Å²) in [6, 6.07) is 10.4. The molecule has 1 aromatic carbocycles. The molecule has 0 aliphatic heterocycles. The Morgan fingerprint density at radius 1 is 1.24 bits per heavy atom. The number of nitrogens with one attached hydrogen (secondary N) is 1. The Morgan fingerprint density at radius 2 is 2.10 bits per heavy atom. The van der Waals surface area contributed by atoms with Crippen molar-refractivity contribution in [1.82, 2.24) is 15.5 Å². The van der Waals surface area contributed by atoms with Crippen molar-refractivity contribution in [1.29, 1.82) is 0 Å². The number of rotatable bonds is 10. The zero-order chi connectivity index (χ0) is 14.8. The normalized spacial score (nSPS) is 10.9. The minimum absolute atomic E-state index is 0.398. The highest BCUT2D eigenvalue weighted by atomic mass is 16.5. The monoisotopic (exact) mass is 289 g/mol. The van der Waals surface area contributed by atoms with Crippen molar-refractivity contribution in [2.45, 2.75) is 39.3 Å². The summed E-state index contributed by atoms with van der Waals surface area (Å²) in [5.74, 6) is 1.33. The number of aromatic nitrogens is 2. The van der Waals surface area contributed by atoms with Crippen LogP contribution < -0.4 is 5.32 Å². The largest absolute Gasteiger partial charge is 0.372 e. The Labute approximate surface area is 125 Å². The third kappa shape index (κ3) is 6.06. The predicted molar refractivity (Wildman–Crippen MR) is 80.7 cm³/mol. The van der Waals surface area contributed by atoms with Gasteiger partial charge in [0, 0.05) is 19.6 Å². The molecule has 0 amide bonds. The van der Waals surface area contributed by atoms with Crippen LogP contribution in [0.5, 0.6) is 0 Å². The van der Waals surface area contributed by atoms with Gasteiger partial charge in [-0.1, -0.05) is 42.4 Å². The second-order valence-electron chi connectivity index (χ2n) is 4.92. The lowest BCUT2D eigenvalue weighted by Crippen LogP contribution is -2.16. The Morgan fingerprint density at radius 3 is 2.90 bits per heavy atom. The fourth-order valence-corrected chi connectivity index (χ4v) is 1.96. The predicted octanol–water partition coefficient (Wildman–Crippen LogP) is 2.72. The fraction of sp³-hybridized carbons (Fsp3) is 0.500. The minimum atomic E-state index is 0.398. The van der Waals surface area contributed by atoms with Crippen molar-refractivity contribution in [3.8, 4) is 0 Å². The molecule has 0 aliphatic carbocycles. The van der Waals surface area contributed by atoms with Crippen LogP contribution >= 0.6 is 0 Å². The molecule has 0 atom stereocenters. The van der Waals surface area contributed by atoms with Crippen LogP contribution in [0.15, 0.2) is 34.9 Å². The Hall–Kier alpha value is -1.72. The average Bonchev–Trinajstić information content (AvgIpc) is 2.95. The van der Waals surface area contributed by atoms with E-state index in [1.54, 1.807) is 0 Å². The molecule has 0 bridgehead atoms. The molecule has 21 heavy (non-hydrogen) atoms. The number of benzene rings is 1. The first-order chi connectivity index (χ1) is 10.4. The van der Waals surface area contributed by atoms with Gasteiger partial charge in [0.1, 0.15) is 6.61 Å². The summed E-state index contributed by atoms with van der Waals surface area (Å²) in [5.41, 5.74) is 1.30. The molecule has 0 unspecified atom stereocenters. The summed E-state index contributed by atoms with van der Waals surface area (Å²) < 4.78 is 10.6. The van der Waals surface area contributed by atoms with Crippen LogP contribution in [0.1, 0.15) is 37.0 Å². The summed E-state index contributed by atoms with van der Waals surface area (Å²) in [6.45, 7) is 5.00. The number of nitrogens with zero attached hydrogens (tertiary/aromatic N) is 2. The second kappa shape index (κ2) is 9.26. The van der Waals surface area contributed by atoms with Gasteiger partial charge < -0.3 is 14.6 Å².